The lowest BCUT2D eigenvalue weighted by Crippen LogP contribution is -2.30. The van der Waals surface area contributed by atoms with E-state index in [4.69, 9.17) is 15.2 Å². The van der Waals surface area contributed by atoms with Gasteiger partial charge in [-0.1, -0.05) is 17.7 Å². The third kappa shape index (κ3) is 3.70. The molecule has 0 aliphatic rings. The van der Waals surface area contributed by atoms with Crippen LogP contribution >= 0.6 is 0 Å². The second kappa shape index (κ2) is 6.06. The lowest BCUT2D eigenvalue weighted by atomic mass is 9.83. The lowest BCUT2D eigenvalue weighted by Gasteiger charge is -2.26. The van der Waals surface area contributed by atoms with Crippen LogP contribution in [-0.4, -0.2) is 20.2 Å². The molecule has 19 heavy (non-hydrogen) atoms. The van der Waals surface area contributed by atoms with Crippen LogP contribution in [0.1, 0.15) is 37.4 Å². The molecule has 0 saturated heterocycles. The van der Waals surface area contributed by atoms with E-state index in [1.807, 2.05) is 39.0 Å². The highest BCUT2D eigenvalue weighted by Crippen LogP contribution is 2.34. The first-order valence-electron chi connectivity index (χ1n) is 6.30. The zero-order chi connectivity index (χ0) is 14.6. The molecule has 4 heteroatoms. The second-order valence-corrected chi connectivity index (χ2v) is 5.43. The van der Waals surface area contributed by atoms with Crippen molar-refractivity contribution in [3.63, 3.8) is 0 Å². The zero-order valence-corrected chi connectivity index (χ0v) is 12.3. The summed E-state index contributed by atoms with van der Waals surface area (Å²) < 4.78 is 10.1. The molecule has 1 unspecified atom stereocenters. The van der Waals surface area contributed by atoms with Crippen molar-refractivity contribution in [1.82, 2.24) is 0 Å². The van der Waals surface area contributed by atoms with Crippen LogP contribution in [0.2, 0.25) is 0 Å². The minimum atomic E-state index is -0.622. The summed E-state index contributed by atoms with van der Waals surface area (Å²) in [5, 5.41) is 0. The van der Waals surface area contributed by atoms with Crippen LogP contribution in [0, 0.1) is 12.3 Å². The number of ether oxygens (including phenoxy) is 2. The molecule has 0 radical (unpaired) electrons. The highest BCUT2D eigenvalue weighted by molar-refractivity contribution is 5.75. The number of nitrogens with two attached hydrogens (primary N) is 1. The minimum Gasteiger partial charge on any atom is -0.496 e. The maximum absolute atomic E-state index is 11.7. The summed E-state index contributed by atoms with van der Waals surface area (Å²) in [6, 6.07) is 5.59. The SMILES string of the molecule is COC(=O)C(C)(C)CC(N)c1cc(C)ccc1OC. The van der Waals surface area contributed by atoms with Gasteiger partial charge in [0, 0.05) is 11.6 Å². The summed E-state index contributed by atoms with van der Waals surface area (Å²) in [5.41, 5.74) is 7.64. The number of esters is 1. The van der Waals surface area contributed by atoms with E-state index in [0.29, 0.717) is 6.42 Å². The maximum Gasteiger partial charge on any atom is 0.311 e. The number of rotatable bonds is 5. The third-order valence-electron chi connectivity index (χ3n) is 3.25. The van der Waals surface area contributed by atoms with Crippen molar-refractivity contribution in [2.75, 3.05) is 14.2 Å². The van der Waals surface area contributed by atoms with Gasteiger partial charge in [0.2, 0.25) is 0 Å². The molecule has 0 aliphatic heterocycles. The van der Waals surface area contributed by atoms with Crippen LogP contribution in [0.4, 0.5) is 0 Å². The van der Waals surface area contributed by atoms with E-state index in [1.165, 1.54) is 7.11 Å². The Hall–Kier alpha value is -1.55. The van der Waals surface area contributed by atoms with Gasteiger partial charge in [-0.25, -0.2) is 0 Å². The van der Waals surface area contributed by atoms with Gasteiger partial charge in [-0.05, 0) is 33.3 Å². The van der Waals surface area contributed by atoms with E-state index in [9.17, 15) is 4.79 Å². The van der Waals surface area contributed by atoms with Gasteiger partial charge in [0.25, 0.3) is 0 Å². The van der Waals surface area contributed by atoms with Crippen molar-refractivity contribution in [3.05, 3.63) is 29.3 Å². The first kappa shape index (κ1) is 15.5. The smallest absolute Gasteiger partial charge is 0.311 e. The topological polar surface area (TPSA) is 61.5 Å². The van der Waals surface area contributed by atoms with Crippen LogP contribution in [0.25, 0.3) is 0 Å². The van der Waals surface area contributed by atoms with Gasteiger partial charge in [-0.15, -0.1) is 0 Å². The van der Waals surface area contributed by atoms with E-state index in [2.05, 4.69) is 0 Å². The van der Waals surface area contributed by atoms with E-state index in [-0.39, 0.29) is 12.0 Å². The van der Waals surface area contributed by atoms with E-state index in [1.54, 1.807) is 7.11 Å². The molecule has 0 saturated carbocycles. The number of benzene rings is 1. The molecule has 1 aromatic rings. The highest BCUT2D eigenvalue weighted by atomic mass is 16.5. The molecule has 1 rings (SSSR count). The van der Waals surface area contributed by atoms with E-state index < -0.39 is 5.41 Å². The van der Waals surface area contributed by atoms with Crippen LogP contribution in [0.5, 0.6) is 5.75 Å². The fourth-order valence-corrected chi connectivity index (χ4v) is 2.16. The number of carbonyl (C=O) groups is 1. The number of methoxy groups -OCH3 is 2. The van der Waals surface area contributed by atoms with Crippen molar-refractivity contribution in [2.45, 2.75) is 33.2 Å². The van der Waals surface area contributed by atoms with Crippen molar-refractivity contribution in [1.29, 1.82) is 0 Å². The Morgan fingerprint density at radius 1 is 1.37 bits per heavy atom. The molecular weight excluding hydrogens is 242 g/mol. The third-order valence-corrected chi connectivity index (χ3v) is 3.25. The van der Waals surface area contributed by atoms with Gasteiger partial charge >= 0.3 is 5.97 Å². The molecule has 1 atom stereocenters. The average Bonchev–Trinajstić information content (AvgIpc) is 2.37. The summed E-state index contributed by atoms with van der Waals surface area (Å²) in [6.07, 6.45) is 0.499. The van der Waals surface area contributed by atoms with Crippen molar-refractivity contribution < 1.29 is 14.3 Å². The predicted octanol–water partition coefficient (Wildman–Crippen LogP) is 2.59. The Morgan fingerprint density at radius 2 is 2.00 bits per heavy atom. The van der Waals surface area contributed by atoms with Gasteiger partial charge < -0.3 is 15.2 Å². The van der Waals surface area contributed by atoms with Crippen LogP contribution in [0.15, 0.2) is 18.2 Å². The Labute approximate surface area is 114 Å². The van der Waals surface area contributed by atoms with Crippen molar-refractivity contribution in [2.24, 2.45) is 11.1 Å². The van der Waals surface area contributed by atoms with E-state index in [0.717, 1.165) is 16.9 Å². The molecule has 0 aromatic heterocycles. The normalized spacial score (nSPS) is 12.9. The van der Waals surface area contributed by atoms with Gasteiger partial charge in [-0.2, -0.15) is 0 Å². The number of hydrogen-bond donors (Lipinski definition) is 1. The molecule has 1 aromatic carbocycles. The van der Waals surface area contributed by atoms with Gasteiger partial charge in [-0.3, -0.25) is 4.79 Å². The van der Waals surface area contributed by atoms with Crippen molar-refractivity contribution in [3.8, 4) is 5.75 Å². The lowest BCUT2D eigenvalue weighted by molar-refractivity contribution is -0.151. The quantitative estimate of drug-likeness (QED) is 0.831. The Balaban J connectivity index is 2.98. The van der Waals surface area contributed by atoms with Gasteiger partial charge in [0.05, 0.1) is 19.6 Å². The molecule has 106 valence electrons. The standard InChI is InChI=1S/C15H23NO3/c1-10-6-7-13(18-4)11(8-10)12(16)9-15(2,3)14(17)19-5/h6-8,12H,9,16H2,1-5H3. The minimum absolute atomic E-state index is 0.255. The van der Waals surface area contributed by atoms with Crippen molar-refractivity contribution >= 4 is 5.97 Å². The molecule has 0 fully saturated rings. The summed E-state index contributed by atoms with van der Waals surface area (Å²) in [4.78, 5) is 11.7. The monoisotopic (exact) mass is 265 g/mol. The molecule has 0 amide bonds. The summed E-state index contributed by atoms with van der Waals surface area (Å²) in [5.74, 6) is 0.494. The molecule has 0 heterocycles. The summed E-state index contributed by atoms with van der Waals surface area (Å²) >= 11 is 0. The molecule has 4 nitrogen and oxygen atoms in total. The summed E-state index contributed by atoms with van der Waals surface area (Å²) in [6.45, 7) is 5.67. The number of aryl methyl sites for hydroxylation is 1. The fraction of sp³-hybridized carbons (Fsp3) is 0.533. The predicted molar refractivity (Wildman–Crippen MR) is 75.1 cm³/mol. The average molecular weight is 265 g/mol. The largest absolute Gasteiger partial charge is 0.496 e. The summed E-state index contributed by atoms with van der Waals surface area (Å²) in [7, 11) is 3.01. The number of carbonyl (C=O) groups excluding carboxylic acids is 1. The Morgan fingerprint density at radius 3 is 2.53 bits per heavy atom. The first-order chi connectivity index (χ1) is 8.81. The molecule has 0 aliphatic carbocycles. The fourth-order valence-electron chi connectivity index (χ4n) is 2.16. The van der Waals surface area contributed by atoms with E-state index >= 15 is 0 Å². The Kier molecular flexibility index (Phi) is 4.95. The molecule has 2 N–H and O–H groups in total. The van der Waals surface area contributed by atoms with Gasteiger partial charge in [0.15, 0.2) is 0 Å². The highest BCUT2D eigenvalue weighted by Gasteiger charge is 2.32. The van der Waals surface area contributed by atoms with Crippen LogP contribution in [0.3, 0.4) is 0 Å². The molecule has 0 bridgehead atoms. The van der Waals surface area contributed by atoms with Crippen LogP contribution < -0.4 is 10.5 Å². The first-order valence-corrected chi connectivity index (χ1v) is 6.30. The maximum atomic E-state index is 11.7. The Bertz CT molecular complexity index is 455. The second-order valence-electron chi connectivity index (χ2n) is 5.43. The molecular formula is C15H23NO3. The molecule has 0 spiro atoms. The number of hydrogen-bond acceptors (Lipinski definition) is 4. The van der Waals surface area contributed by atoms with Crippen LogP contribution in [-0.2, 0) is 9.53 Å². The van der Waals surface area contributed by atoms with Gasteiger partial charge in [0.1, 0.15) is 5.75 Å². The zero-order valence-electron chi connectivity index (χ0n) is 12.3.